The third-order valence-electron chi connectivity index (χ3n) is 7.22. The van der Waals surface area contributed by atoms with Crippen molar-refractivity contribution in [2.75, 3.05) is 0 Å². The number of ketones is 1. The number of hydrogen-bond donors (Lipinski definition) is 4. The molecule has 36 heavy (non-hydrogen) atoms. The van der Waals surface area contributed by atoms with Gasteiger partial charge in [-0.1, -0.05) is 117 Å². The van der Waals surface area contributed by atoms with Gasteiger partial charge in [-0.3, -0.25) is 14.4 Å². The zero-order valence-electron chi connectivity index (χ0n) is 22.6. The first kappa shape index (κ1) is 34.0. The Morgan fingerprint density at radius 3 is 1.31 bits per heavy atom. The summed E-state index contributed by atoms with van der Waals surface area (Å²) < 4.78 is 0. The number of Topliss-reactive ketones (excluding diaryl/α,β-unsaturated/α-hetero) is 1. The number of carbonyl (C=O) groups is 4. The fraction of sp³-hybridized carbons (Fsp3) is 0.857. The topological polar surface area (TPSA) is 149 Å². The summed E-state index contributed by atoms with van der Waals surface area (Å²) in [7, 11) is 0. The Morgan fingerprint density at radius 1 is 0.556 bits per heavy atom. The molecule has 0 spiro atoms. The second-order valence-corrected chi connectivity index (χ2v) is 10.2. The van der Waals surface area contributed by atoms with Crippen LogP contribution in [-0.2, 0) is 19.2 Å². The molecule has 8 nitrogen and oxygen atoms in total. The van der Waals surface area contributed by atoms with Gasteiger partial charge in [-0.25, -0.2) is 4.79 Å². The molecule has 0 aromatic carbocycles. The molecule has 0 saturated carbocycles. The predicted octanol–water partition coefficient (Wildman–Crippen LogP) is 6.37. The molecule has 0 aliphatic heterocycles. The van der Waals surface area contributed by atoms with Crippen molar-refractivity contribution >= 4 is 23.7 Å². The average molecular weight is 515 g/mol. The number of carbonyl (C=O) groups excluding carboxylic acids is 1. The van der Waals surface area contributed by atoms with Crippen molar-refractivity contribution in [1.82, 2.24) is 0 Å². The van der Waals surface area contributed by atoms with E-state index in [0.29, 0.717) is 19.3 Å². The summed E-state index contributed by atoms with van der Waals surface area (Å²) in [6.45, 7) is 4.23. The minimum atomic E-state index is -3.22. The molecule has 0 aromatic heterocycles. The van der Waals surface area contributed by atoms with Crippen molar-refractivity contribution in [2.24, 2.45) is 5.41 Å². The molecule has 0 saturated heterocycles. The zero-order chi connectivity index (χ0) is 27.5. The van der Waals surface area contributed by atoms with E-state index >= 15 is 0 Å². The van der Waals surface area contributed by atoms with Gasteiger partial charge in [0.1, 0.15) is 0 Å². The number of rotatable bonds is 25. The van der Waals surface area contributed by atoms with Crippen LogP contribution in [0.5, 0.6) is 0 Å². The molecule has 0 bridgehead atoms. The average Bonchev–Trinajstić information content (AvgIpc) is 2.81. The SMILES string of the molecule is CCCCCCCCCCCCCCC(C(=O)O)(C(=O)CCCCCCC)C(O)(CC(=O)O)C(=O)O. The molecule has 4 N–H and O–H groups in total. The van der Waals surface area contributed by atoms with Gasteiger partial charge in [-0.15, -0.1) is 0 Å². The molecule has 2 unspecified atom stereocenters. The first-order valence-corrected chi connectivity index (χ1v) is 14.0. The van der Waals surface area contributed by atoms with Crippen LogP contribution < -0.4 is 0 Å². The quantitative estimate of drug-likeness (QED) is 0.0811. The number of aliphatic hydroxyl groups is 1. The lowest BCUT2D eigenvalue weighted by atomic mass is 9.63. The van der Waals surface area contributed by atoms with Gasteiger partial charge in [0.05, 0.1) is 6.42 Å². The third-order valence-corrected chi connectivity index (χ3v) is 7.22. The summed E-state index contributed by atoms with van der Waals surface area (Å²) >= 11 is 0. The van der Waals surface area contributed by atoms with E-state index < -0.39 is 47.5 Å². The zero-order valence-corrected chi connectivity index (χ0v) is 22.6. The molecule has 0 radical (unpaired) electrons. The van der Waals surface area contributed by atoms with E-state index in [0.717, 1.165) is 44.9 Å². The molecule has 0 heterocycles. The highest BCUT2D eigenvalue weighted by molar-refractivity contribution is 6.09. The molecule has 0 rings (SSSR count). The number of carboxylic acids is 3. The molecule has 0 aromatic rings. The predicted molar refractivity (Wildman–Crippen MR) is 139 cm³/mol. The van der Waals surface area contributed by atoms with Crippen molar-refractivity contribution < 1.29 is 39.6 Å². The largest absolute Gasteiger partial charge is 0.481 e. The Labute approximate surface area is 216 Å². The lowest BCUT2D eigenvalue weighted by Crippen LogP contribution is -2.63. The molecular formula is C28H50O8. The van der Waals surface area contributed by atoms with Gasteiger partial charge in [-0.2, -0.15) is 0 Å². The van der Waals surface area contributed by atoms with Gasteiger partial charge in [0.2, 0.25) is 0 Å². The highest BCUT2D eigenvalue weighted by Gasteiger charge is 2.65. The number of aliphatic carboxylic acids is 3. The molecule has 2 atom stereocenters. The lowest BCUT2D eigenvalue weighted by molar-refractivity contribution is -0.196. The van der Waals surface area contributed by atoms with Gasteiger partial charge < -0.3 is 20.4 Å². The highest BCUT2D eigenvalue weighted by Crippen LogP contribution is 2.43. The standard InChI is InChI=1S/C28H50O8/c1-3-5-7-9-10-11-12-13-14-15-17-19-21-27(25(32)33,23(29)20-18-16-8-6-4-2)28(36,26(34)35)22-24(30)31/h36H,3-22H2,1-2H3,(H,30,31)(H,32,33)(H,34,35). The normalized spacial score (nSPS) is 14.6. The van der Waals surface area contributed by atoms with Crippen LogP contribution in [-0.4, -0.2) is 49.7 Å². The summed E-state index contributed by atoms with van der Waals surface area (Å²) in [4.78, 5) is 49.0. The van der Waals surface area contributed by atoms with Crippen LogP contribution >= 0.6 is 0 Å². The maximum Gasteiger partial charge on any atom is 0.338 e. The smallest absolute Gasteiger partial charge is 0.338 e. The Hall–Kier alpha value is -1.96. The monoisotopic (exact) mass is 514 g/mol. The third kappa shape index (κ3) is 11.4. The summed E-state index contributed by atoms with van der Waals surface area (Å²) in [6.07, 6.45) is 14.2. The second kappa shape index (κ2) is 19.2. The van der Waals surface area contributed by atoms with E-state index in [4.69, 9.17) is 0 Å². The van der Waals surface area contributed by atoms with E-state index in [2.05, 4.69) is 6.92 Å². The van der Waals surface area contributed by atoms with E-state index in [1.165, 1.54) is 38.5 Å². The minimum absolute atomic E-state index is 0.205. The maximum atomic E-state index is 13.2. The van der Waals surface area contributed by atoms with E-state index in [9.17, 15) is 39.6 Å². The van der Waals surface area contributed by atoms with Crippen molar-refractivity contribution in [3.05, 3.63) is 0 Å². The van der Waals surface area contributed by atoms with Gasteiger partial charge >= 0.3 is 17.9 Å². The summed E-state index contributed by atoms with van der Waals surface area (Å²) in [5.41, 5.74) is -5.91. The van der Waals surface area contributed by atoms with Crippen LogP contribution in [0.1, 0.15) is 142 Å². The first-order chi connectivity index (χ1) is 17.1. The van der Waals surface area contributed by atoms with Crippen molar-refractivity contribution in [2.45, 2.75) is 148 Å². The Kier molecular flexibility index (Phi) is 18.1. The minimum Gasteiger partial charge on any atom is -0.481 e. The van der Waals surface area contributed by atoms with Gasteiger partial charge in [0.25, 0.3) is 0 Å². The Balaban J connectivity index is 5.14. The van der Waals surface area contributed by atoms with Crippen molar-refractivity contribution in [3.8, 4) is 0 Å². The maximum absolute atomic E-state index is 13.2. The first-order valence-electron chi connectivity index (χ1n) is 14.0. The Bertz CT molecular complexity index is 662. The fourth-order valence-electron chi connectivity index (χ4n) is 4.94. The number of unbranched alkanes of at least 4 members (excludes halogenated alkanes) is 15. The summed E-state index contributed by atoms with van der Waals surface area (Å²) in [5.74, 6) is -6.34. The van der Waals surface area contributed by atoms with E-state index in [1.54, 1.807) is 0 Å². The molecule has 0 fully saturated rings. The van der Waals surface area contributed by atoms with E-state index in [1.807, 2.05) is 6.92 Å². The summed E-state index contributed by atoms with van der Waals surface area (Å²) in [5, 5.41) is 40.0. The lowest BCUT2D eigenvalue weighted by Gasteiger charge is -2.39. The molecule has 210 valence electrons. The van der Waals surface area contributed by atoms with Gasteiger partial charge in [0, 0.05) is 6.42 Å². The molecule has 8 heteroatoms. The second-order valence-electron chi connectivity index (χ2n) is 10.2. The van der Waals surface area contributed by atoms with Crippen LogP contribution in [0.2, 0.25) is 0 Å². The molecule has 0 amide bonds. The number of carboxylic acid groups (broad SMARTS) is 3. The van der Waals surface area contributed by atoms with Crippen LogP contribution in [0.3, 0.4) is 0 Å². The molecule has 0 aliphatic rings. The van der Waals surface area contributed by atoms with Gasteiger partial charge in [0.15, 0.2) is 16.8 Å². The van der Waals surface area contributed by atoms with Gasteiger partial charge in [-0.05, 0) is 12.8 Å². The summed E-state index contributed by atoms with van der Waals surface area (Å²) in [6, 6.07) is 0. The number of hydrogen-bond acceptors (Lipinski definition) is 5. The van der Waals surface area contributed by atoms with Crippen LogP contribution in [0, 0.1) is 5.41 Å². The fourth-order valence-corrected chi connectivity index (χ4v) is 4.94. The van der Waals surface area contributed by atoms with Crippen molar-refractivity contribution in [3.63, 3.8) is 0 Å². The highest BCUT2D eigenvalue weighted by atomic mass is 16.4. The molecule has 0 aliphatic carbocycles. The van der Waals surface area contributed by atoms with Crippen LogP contribution in [0.15, 0.2) is 0 Å². The van der Waals surface area contributed by atoms with Crippen LogP contribution in [0.25, 0.3) is 0 Å². The Morgan fingerprint density at radius 2 is 0.944 bits per heavy atom. The van der Waals surface area contributed by atoms with Crippen LogP contribution in [0.4, 0.5) is 0 Å². The van der Waals surface area contributed by atoms with Crippen molar-refractivity contribution in [1.29, 1.82) is 0 Å². The molecular weight excluding hydrogens is 464 g/mol. The van der Waals surface area contributed by atoms with E-state index in [-0.39, 0.29) is 12.8 Å².